The minimum Gasteiger partial charge on any atom is -0.297 e. The molecule has 2 nitrogen and oxygen atoms in total. The zero-order valence-electron chi connectivity index (χ0n) is 16.1. The smallest absolute Gasteiger partial charge is 0.297 e. The van der Waals surface area contributed by atoms with Gasteiger partial charge in [-0.25, -0.2) is 0 Å². The van der Waals surface area contributed by atoms with Gasteiger partial charge < -0.3 is 0 Å². The van der Waals surface area contributed by atoms with E-state index in [2.05, 4.69) is 34.1 Å². The van der Waals surface area contributed by atoms with Crippen LogP contribution in [-0.2, 0) is 19.3 Å². The van der Waals surface area contributed by atoms with Crippen molar-refractivity contribution in [1.29, 1.82) is 0 Å². The normalized spacial score (nSPS) is 24.1. The van der Waals surface area contributed by atoms with Crippen LogP contribution >= 0.6 is 0 Å². The minimum absolute atomic E-state index is 0.162. The maximum Gasteiger partial charge on any atom is 0.416 e. The number of hydrogen-bond acceptors (Lipinski definition) is 2. The lowest BCUT2D eigenvalue weighted by Gasteiger charge is -2.46. The van der Waals surface area contributed by atoms with Crippen LogP contribution in [0.1, 0.15) is 42.4 Å². The van der Waals surface area contributed by atoms with E-state index in [1.165, 1.54) is 43.4 Å². The van der Waals surface area contributed by atoms with Gasteiger partial charge in [0.2, 0.25) is 0 Å². The number of halogens is 3. The zero-order chi connectivity index (χ0) is 19.6. The van der Waals surface area contributed by atoms with Gasteiger partial charge >= 0.3 is 6.18 Å². The summed E-state index contributed by atoms with van der Waals surface area (Å²) in [6.45, 7) is 4.89. The first kappa shape index (κ1) is 19.5. The van der Waals surface area contributed by atoms with Crippen LogP contribution < -0.4 is 0 Å². The summed E-state index contributed by atoms with van der Waals surface area (Å²) in [5.74, 6) is 0. The van der Waals surface area contributed by atoms with Crippen LogP contribution in [0.4, 0.5) is 13.2 Å². The molecule has 5 heteroatoms. The highest BCUT2D eigenvalue weighted by Crippen LogP contribution is 2.39. The number of piperidine rings is 1. The lowest BCUT2D eigenvalue weighted by atomic mass is 9.86. The van der Waals surface area contributed by atoms with Crippen LogP contribution in [-0.4, -0.2) is 35.0 Å². The van der Waals surface area contributed by atoms with E-state index in [1.807, 2.05) is 6.07 Å². The van der Waals surface area contributed by atoms with E-state index in [1.54, 1.807) is 12.1 Å². The predicted octanol–water partition coefficient (Wildman–Crippen LogP) is 5.34. The molecule has 2 aromatic carbocycles. The van der Waals surface area contributed by atoms with Crippen molar-refractivity contribution < 1.29 is 13.2 Å². The number of likely N-dealkylation sites (tertiary alicyclic amines) is 2. The first-order valence-electron chi connectivity index (χ1n) is 10.1. The van der Waals surface area contributed by atoms with Crippen molar-refractivity contribution in [2.75, 3.05) is 19.6 Å². The summed E-state index contributed by atoms with van der Waals surface area (Å²) in [5, 5.41) is 0. The summed E-state index contributed by atoms with van der Waals surface area (Å²) < 4.78 is 38.4. The van der Waals surface area contributed by atoms with E-state index in [9.17, 15) is 13.2 Å². The Hall–Kier alpha value is -1.85. The number of benzene rings is 2. The molecular formula is C23H27F3N2. The van der Waals surface area contributed by atoms with Gasteiger partial charge in [-0.15, -0.1) is 0 Å². The fourth-order valence-electron chi connectivity index (χ4n) is 4.91. The van der Waals surface area contributed by atoms with Crippen molar-refractivity contribution in [3.63, 3.8) is 0 Å². The molecule has 0 bridgehead atoms. The average Bonchev–Trinajstić information content (AvgIpc) is 3.03. The summed E-state index contributed by atoms with van der Waals surface area (Å²) >= 11 is 0. The molecule has 2 heterocycles. The summed E-state index contributed by atoms with van der Waals surface area (Å²) in [6.07, 6.45) is 0.433. The summed E-state index contributed by atoms with van der Waals surface area (Å²) in [5.41, 5.74) is 1.90. The van der Waals surface area contributed by atoms with Crippen LogP contribution in [0, 0.1) is 0 Å². The summed E-state index contributed by atoms with van der Waals surface area (Å²) in [4.78, 5) is 5.07. The molecule has 1 atom stereocenters. The van der Waals surface area contributed by atoms with Gasteiger partial charge in [0.05, 0.1) is 5.56 Å². The highest BCUT2D eigenvalue weighted by molar-refractivity contribution is 5.25. The molecule has 2 saturated heterocycles. The Labute approximate surface area is 165 Å². The molecule has 28 heavy (non-hydrogen) atoms. The molecular weight excluding hydrogens is 361 g/mol. The van der Waals surface area contributed by atoms with E-state index in [0.717, 1.165) is 38.3 Å². The number of rotatable bonds is 4. The van der Waals surface area contributed by atoms with Crippen molar-refractivity contribution >= 4 is 0 Å². The Morgan fingerprint density at radius 2 is 1.43 bits per heavy atom. The SMILES string of the molecule is FC(F)(F)c1ccc(CN2CCC[C@@]23CCCN(Cc2ccccc2)C3)cc1. The Morgan fingerprint density at radius 3 is 2.11 bits per heavy atom. The molecule has 2 aliphatic heterocycles. The van der Waals surface area contributed by atoms with Gasteiger partial charge in [0, 0.05) is 25.2 Å². The number of hydrogen-bond donors (Lipinski definition) is 0. The maximum atomic E-state index is 12.8. The van der Waals surface area contributed by atoms with Gasteiger partial charge in [-0.05, 0) is 62.0 Å². The molecule has 0 unspecified atom stereocenters. The molecule has 2 aromatic rings. The largest absolute Gasteiger partial charge is 0.416 e. The third-order valence-corrected chi connectivity index (χ3v) is 6.28. The molecule has 0 aromatic heterocycles. The van der Waals surface area contributed by atoms with Crippen molar-refractivity contribution in [1.82, 2.24) is 9.80 Å². The zero-order valence-corrected chi connectivity index (χ0v) is 16.1. The van der Waals surface area contributed by atoms with Gasteiger partial charge in [-0.3, -0.25) is 9.80 Å². The van der Waals surface area contributed by atoms with Crippen LogP contribution in [0.25, 0.3) is 0 Å². The average molecular weight is 388 g/mol. The minimum atomic E-state index is -4.27. The molecule has 1 spiro atoms. The summed E-state index contributed by atoms with van der Waals surface area (Å²) in [7, 11) is 0. The molecule has 2 fully saturated rings. The highest BCUT2D eigenvalue weighted by Gasteiger charge is 2.43. The molecule has 0 aliphatic carbocycles. The molecule has 0 saturated carbocycles. The standard InChI is InChI=1S/C23H27F3N2/c24-23(25,26)21-10-8-20(9-11-21)17-28-15-5-13-22(28)12-4-14-27(18-22)16-19-6-2-1-3-7-19/h1-3,6-11H,4-5,12-18H2/t22-/m1/s1. The lowest BCUT2D eigenvalue weighted by molar-refractivity contribution is -0.137. The molecule has 150 valence electrons. The number of alkyl halides is 3. The highest BCUT2D eigenvalue weighted by atomic mass is 19.4. The molecule has 0 N–H and O–H groups in total. The Morgan fingerprint density at radius 1 is 0.786 bits per heavy atom. The molecule has 0 radical (unpaired) electrons. The van der Waals surface area contributed by atoms with Gasteiger partial charge in [0.15, 0.2) is 0 Å². The van der Waals surface area contributed by atoms with Crippen molar-refractivity contribution in [2.24, 2.45) is 0 Å². The van der Waals surface area contributed by atoms with Crippen molar-refractivity contribution in [3.05, 3.63) is 71.3 Å². The Balaban J connectivity index is 1.44. The van der Waals surface area contributed by atoms with Crippen LogP contribution in [0.5, 0.6) is 0 Å². The second kappa shape index (κ2) is 7.88. The second-order valence-electron chi connectivity index (χ2n) is 8.24. The van der Waals surface area contributed by atoms with Gasteiger partial charge in [-0.1, -0.05) is 42.5 Å². The molecule has 0 amide bonds. The Bertz CT molecular complexity index is 773. The quantitative estimate of drug-likeness (QED) is 0.698. The van der Waals surface area contributed by atoms with Crippen LogP contribution in [0.2, 0.25) is 0 Å². The van der Waals surface area contributed by atoms with Crippen molar-refractivity contribution in [2.45, 2.75) is 50.5 Å². The topological polar surface area (TPSA) is 6.48 Å². The second-order valence-corrected chi connectivity index (χ2v) is 8.24. The van der Waals surface area contributed by atoms with Gasteiger partial charge in [0.25, 0.3) is 0 Å². The summed E-state index contributed by atoms with van der Waals surface area (Å²) in [6, 6.07) is 16.3. The fraction of sp³-hybridized carbons (Fsp3) is 0.478. The predicted molar refractivity (Wildman–Crippen MR) is 105 cm³/mol. The van der Waals surface area contributed by atoms with Crippen molar-refractivity contribution in [3.8, 4) is 0 Å². The third-order valence-electron chi connectivity index (χ3n) is 6.28. The lowest BCUT2D eigenvalue weighted by Crippen LogP contribution is -2.55. The molecule has 4 rings (SSSR count). The van der Waals surface area contributed by atoms with E-state index < -0.39 is 11.7 Å². The van der Waals surface area contributed by atoms with Crippen LogP contribution in [0.15, 0.2) is 54.6 Å². The van der Waals surface area contributed by atoms with E-state index >= 15 is 0 Å². The van der Waals surface area contributed by atoms with E-state index in [-0.39, 0.29) is 5.54 Å². The molecule has 2 aliphatic rings. The van der Waals surface area contributed by atoms with E-state index in [0.29, 0.717) is 0 Å². The fourth-order valence-corrected chi connectivity index (χ4v) is 4.91. The maximum absolute atomic E-state index is 12.8. The van der Waals surface area contributed by atoms with Gasteiger partial charge in [0.1, 0.15) is 0 Å². The van der Waals surface area contributed by atoms with Crippen LogP contribution in [0.3, 0.4) is 0 Å². The number of nitrogens with zero attached hydrogens (tertiary/aromatic N) is 2. The van der Waals surface area contributed by atoms with E-state index in [4.69, 9.17) is 0 Å². The third kappa shape index (κ3) is 4.26. The first-order valence-corrected chi connectivity index (χ1v) is 10.1. The monoisotopic (exact) mass is 388 g/mol. The van der Waals surface area contributed by atoms with Gasteiger partial charge in [-0.2, -0.15) is 13.2 Å². The Kier molecular flexibility index (Phi) is 5.48. The first-order chi connectivity index (χ1) is 13.4.